The van der Waals surface area contributed by atoms with Gasteiger partial charge >= 0.3 is 0 Å². The van der Waals surface area contributed by atoms with Crippen molar-refractivity contribution < 1.29 is 12.8 Å². The van der Waals surface area contributed by atoms with Gasteiger partial charge in [-0.3, -0.25) is 0 Å². The van der Waals surface area contributed by atoms with Crippen molar-refractivity contribution in [3.8, 4) is 11.1 Å². The van der Waals surface area contributed by atoms with E-state index >= 15 is 0 Å². The van der Waals surface area contributed by atoms with Gasteiger partial charge in [0, 0.05) is 21.9 Å². The molecule has 0 unspecified atom stereocenters. The Morgan fingerprint density at radius 3 is 2.39 bits per heavy atom. The van der Waals surface area contributed by atoms with Crippen LogP contribution in [0.25, 0.3) is 11.1 Å². The van der Waals surface area contributed by atoms with Crippen molar-refractivity contribution in [3.63, 3.8) is 0 Å². The van der Waals surface area contributed by atoms with E-state index < -0.39 is 15.7 Å². The Kier molecular flexibility index (Phi) is 3.54. The minimum Gasteiger partial charge on any atom is -0.224 e. The van der Waals surface area contributed by atoms with Gasteiger partial charge in [-0.05, 0) is 24.3 Å². The van der Waals surface area contributed by atoms with Crippen LogP contribution in [0.1, 0.15) is 0 Å². The SMILES string of the molecule is CS(=O)(=O)c1ccccc1-c1cc(Br)ccc1F. The lowest BCUT2D eigenvalue weighted by Gasteiger charge is -2.09. The van der Waals surface area contributed by atoms with Crippen LogP contribution in [0.2, 0.25) is 0 Å². The second-order valence-corrected chi connectivity index (χ2v) is 6.79. The summed E-state index contributed by atoms with van der Waals surface area (Å²) in [6, 6.07) is 10.8. The molecule has 2 aromatic rings. The molecule has 5 heteroatoms. The van der Waals surface area contributed by atoms with Gasteiger partial charge in [0.2, 0.25) is 0 Å². The number of sulfone groups is 1. The van der Waals surface area contributed by atoms with E-state index in [4.69, 9.17) is 0 Å². The fraction of sp³-hybridized carbons (Fsp3) is 0.0769. The predicted octanol–water partition coefficient (Wildman–Crippen LogP) is 3.66. The summed E-state index contributed by atoms with van der Waals surface area (Å²) in [4.78, 5) is 0.127. The van der Waals surface area contributed by atoms with Gasteiger partial charge in [-0.15, -0.1) is 0 Å². The Morgan fingerprint density at radius 1 is 1.06 bits per heavy atom. The summed E-state index contributed by atoms with van der Waals surface area (Å²) in [5.41, 5.74) is 0.643. The first-order valence-corrected chi connectivity index (χ1v) is 7.82. The van der Waals surface area contributed by atoms with E-state index in [1.165, 1.54) is 12.1 Å². The number of halogens is 2. The van der Waals surface area contributed by atoms with Gasteiger partial charge in [0.25, 0.3) is 0 Å². The topological polar surface area (TPSA) is 34.1 Å². The lowest BCUT2D eigenvalue weighted by molar-refractivity contribution is 0.602. The predicted molar refractivity (Wildman–Crippen MR) is 72.6 cm³/mol. The van der Waals surface area contributed by atoms with Crippen LogP contribution in [0.4, 0.5) is 4.39 Å². The number of hydrogen-bond acceptors (Lipinski definition) is 2. The monoisotopic (exact) mass is 328 g/mol. The van der Waals surface area contributed by atoms with E-state index in [1.807, 2.05) is 0 Å². The molecule has 0 saturated heterocycles. The molecule has 0 atom stereocenters. The average molecular weight is 329 g/mol. The van der Waals surface area contributed by atoms with Crippen molar-refractivity contribution in [2.75, 3.05) is 6.26 Å². The molecule has 0 radical (unpaired) electrons. The molecular weight excluding hydrogens is 319 g/mol. The first kappa shape index (κ1) is 13.2. The molecule has 0 aliphatic heterocycles. The van der Waals surface area contributed by atoms with Crippen LogP contribution in [-0.4, -0.2) is 14.7 Å². The zero-order valence-electron chi connectivity index (χ0n) is 9.52. The highest BCUT2D eigenvalue weighted by atomic mass is 79.9. The van der Waals surface area contributed by atoms with Crippen molar-refractivity contribution in [1.29, 1.82) is 0 Å². The largest absolute Gasteiger partial charge is 0.224 e. The molecule has 2 aromatic carbocycles. The summed E-state index contributed by atoms with van der Waals surface area (Å²) < 4.78 is 37.9. The minimum absolute atomic E-state index is 0.127. The van der Waals surface area contributed by atoms with Crippen LogP contribution in [0.3, 0.4) is 0 Å². The molecule has 0 amide bonds. The summed E-state index contributed by atoms with van der Waals surface area (Å²) in [6.07, 6.45) is 1.11. The third kappa shape index (κ3) is 2.62. The summed E-state index contributed by atoms with van der Waals surface area (Å²) in [7, 11) is -3.39. The summed E-state index contributed by atoms with van der Waals surface area (Å²) in [6.45, 7) is 0. The quantitative estimate of drug-likeness (QED) is 0.843. The third-order valence-electron chi connectivity index (χ3n) is 2.51. The molecule has 2 nitrogen and oxygen atoms in total. The molecule has 0 saturated carbocycles. The Morgan fingerprint density at radius 2 is 1.72 bits per heavy atom. The highest BCUT2D eigenvalue weighted by Gasteiger charge is 2.16. The highest BCUT2D eigenvalue weighted by molar-refractivity contribution is 9.10. The second kappa shape index (κ2) is 4.82. The number of hydrogen-bond donors (Lipinski definition) is 0. The molecule has 0 aliphatic rings. The van der Waals surface area contributed by atoms with E-state index in [-0.39, 0.29) is 10.5 Å². The van der Waals surface area contributed by atoms with Crippen LogP contribution < -0.4 is 0 Å². The van der Waals surface area contributed by atoms with E-state index in [1.54, 1.807) is 30.3 Å². The smallest absolute Gasteiger partial charge is 0.176 e. The van der Waals surface area contributed by atoms with Crippen LogP contribution in [-0.2, 0) is 9.84 Å². The van der Waals surface area contributed by atoms with Crippen molar-refractivity contribution in [3.05, 3.63) is 52.8 Å². The van der Waals surface area contributed by atoms with Crippen molar-refractivity contribution in [1.82, 2.24) is 0 Å². The number of rotatable bonds is 2. The van der Waals surface area contributed by atoms with Crippen LogP contribution >= 0.6 is 15.9 Å². The molecule has 94 valence electrons. The van der Waals surface area contributed by atoms with Gasteiger partial charge in [0.15, 0.2) is 9.84 Å². The molecule has 0 fully saturated rings. The van der Waals surface area contributed by atoms with E-state index in [2.05, 4.69) is 15.9 Å². The van der Waals surface area contributed by atoms with Gasteiger partial charge in [-0.25, -0.2) is 12.8 Å². The Bertz CT molecular complexity index is 696. The maximum absolute atomic E-state index is 13.8. The maximum Gasteiger partial charge on any atom is 0.176 e. The lowest BCUT2D eigenvalue weighted by atomic mass is 10.1. The molecule has 0 spiro atoms. The fourth-order valence-electron chi connectivity index (χ4n) is 1.72. The maximum atomic E-state index is 13.8. The standard InChI is InChI=1S/C13H10BrFO2S/c1-18(16,17)13-5-3-2-4-10(13)11-8-9(14)6-7-12(11)15/h2-8H,1H3. The number of benzene rings is 2. The molecule has 0 aliphatic carbocycles. The van der Waals surface area contributed by atoms with E-state index in [9.17, 15) is 12.8 Å². The van der Waals surface area contributed by atoms with Crippen LogP contribution in [0.15, 0.2) is 51.8 Å². The summed E-state index contributed by atoms with van der Waals surface area (Å²) in [5.74, 6) is -0.450. The van der Waals surface area contributed by atoms with E-state index in [0.29, 0.717) is 10.0 Å². The Hall–Kier alpha value is -1.20. The van der Waals surface area contributed by atoms with E-state index in [0.717, 1.165) is 6.26 Å². The second-order valence-electron chi connectivity index (χ2n) is 3.89. The Balaban J connectivity index is 2.76. The third-order valence-corrected chi connectivity index (χ3v) is 4.15. The normalized spacial score (nSPS) is 11.5. The van der Waals surface area contributed by atoms with Gasteiger partial charge in [0.1, 0.15) is 5.82 Å². The molecular formula is C13H10BrFO2S. The van der Waals surface area contributed by atoms with Gasteiger partial charge < -0.3 is 0 Å². The zero-order chi connectivity index (χ0) is 13.3. The van der Waals surface area contributed by atoms with Crippen molar-refractivity contribution in [2.24, 2.45) is 0 Å². The average Bonchev–Trinajstić information content (AvgIpc) is 2.31. The van der Waals surface area contributed by atoms with Crippen molar-refractivity contribution >= 4 is 25.8 Å². The highest BCUT2D eigenvalue weighted by Crippen LogP contribution is 2.31. The van der Waals surface area contributed by atoms with Gasteiger partial charge in [-0.2, -0.15) is 0 Å². The molecule has 0 N–H and O–H groups in total. The van der Waals surface area contributed by atoms with Gasteiger partial charge in [-0.1, -0.05) is 34.1 Å². The van der Waals surface area contributed by atoms with Crippen LogP contribution in [0, 0.1) is 5.82 Å². The minimum atomic E-state index is -3.39. The van der Waals surface area contributed by atoms with Crippen molar-refractivity contribution in [2.45, 2.75) is 4.90 Å². The molecule has 18 heavy (non-hydrogen) atoms. The molecule has 0 aromatic heterocycles. The van der Waals surface area contributed by atoms with Gasteiger partial charge in [0.05, 0.1) is 4.90 Å². The molecule has 2 rings (SSSR count). The van der Waals surface area contributed by atoms with Crippen LogP contribution in [0.5, 0.6) is 0 Å². The first-order chi connectivity index (χ1) is 8.39. The summed E-state index contributed by atoms with van der Waals surface area (Å²) >= 11 is 3.25. The fourth-order valence-corrected chi connectivity index (χ4v) is 2.98. The zero-order valence-corrected chi connectivity index (χ0v) is 11.9. The molecule has 0 heterocycles. The first-order valence-electron chi connectivity index (χ1n) is 5.14. The lowest BCUT2D eigenvalue weighted by Crippen LogP contribution is -2.00. The summed E-state index contributed by atoms with van der Waals surface area (Å²) in [5, 5.41) is 0. The molecule has 0 bridgehead atoms. The Labute approximate surface area is 114 Å².